The van der Waals surface area contributed by atoms with E-state index in [-0.39, 0.29) is 18.4 Å². The summed E-state index contributed by atoms with van der Waals surface area (Å²) in [6.45, 7) is 6.56. The molecule has 4 nitrogen and oxygen atoms in total. The van der Waals surface area contributed by atoms with Gasteiger partial charge in [0.25, 0.3) is 0 Å². The third-order valence-corrected chi connectivity index (χ3v) is 2.11. The zero-order valence-electron chi connectivity index (χ0n) is 10.7. The van der Waals surface area contributed by atoms with E-state index >= 15 is 0 Å². The van der Waals surface area contributed by atoms with Crippen molar-refractivity contribution in [2.45, 2.75) is 40.2 Å². The van der Waals surface area contributed by atoms with Crippen molar-refractivity contribution >= 4 is 11.9 Å². The quantitative estimate of drug-likeness (QED) is 0.813. The number of amides is 1. The summed E-state index contributed by atoms with van der Waals surface area (Å²) in [7, 11) is 1.28. The Bertz CT molecular complexity index is 209. The maximum atomic E-state index is 11.1. The fourth-order valence-corrected chi connectivity index (χ4v) is 1.07. The predicted molar refractivity (Wildman–Crippen MR) is 61.1 cm³/mol. The van der Waals surface area contributed by atoms with Gasteiger partial charge in [-0.1, -0.05) is 20.3 Å². The molecule has 0 bridgehead atoms. The molecular weight excluding hydrogens is 213 g/mol. The summed E-state index contributed by atoms with van der Waals surface area (Å²) >= 11 is 0. The van der Waals surface area contributed by atoms with E-state index in [1.165, 1.54) is 21.0 Å². The van der Waals surface area contributed by atoms with Crippen LogP contribution in [-0.2, 0) is 9.53 Å². The maximum Gasteiger partial charge on any atom is 0.407 e. The minimum absolute atomic E-state index is 0.0419. The van der Waals surface area contributed by atoms with E-state index in [0.717, 1.165) is 6.42 Å². The van der Waals surface area contributed by atoms with Crippen LogP contribution in [0.25, 0.3) is 0 Å². The van der Waals surface area contributed by atoms with Gasteiger partial charge in [0.15, 0.2) is 5.78 Å². The van der Waals surface area contributed by atoms with Gasteiger partial charge in [-0.15, -0.1) is 0 Å². The summed E-state index contributed by atoms with van der Waals surface area (Å²) in [5, 5.41) is 2.51. The van der Waals surface area contributed by atoms with E-state index in [1.54, 1.807) is 0 Å². The summed E-state index contributed by atoms with van der Waals surface area (Å²) in [6.07, 6.45) is 0.286. The van der Waals surface area contributed by atoms with Crippen molar-refractivity contribution < 1.29 is 18.7 Å². The van der Waals surface area contributed by atoms with Gasteiger partial charge in [-0.2, -0.15) is 0 Å². The Morgan fingerprint density at radius 1 is 1.38 bits per heavy atom. The Hall–Kier alpha value is -1.13. The van der Waals surface area contributed by atoms with Gasteiger partial charge in [0, 0.05) is 0 Å². The van der Waals surface area contributed by atoms with Gasteiger partial charge in [0.05, 0.1) is 19.8 Å². The molecule has 0 aromatic heterocycles. The van der Waals surface area contributed by atoms with E-state index in [0.29, 0.717) is 0 Å². The van der Waals surface area contributed by atoms with Gasteiger partial charge < -0.3 is 10.1 Å². The lowest BCUT2D eigenvalue weighted by Crippen LogP contribution is -2.43. The van der Waals surface area contributed by atoms with E-state index in [4.69, 9.17) is 0 Å². The van der Waals surface area contributed by atoms with Gasteiger partial charge in [0.2, 0.25) is 0 Å². The van der Waals surface area contributed by atoms with Crippen LogP contribution in [0.4, 0.5) is 9.18 Å². The molecular formula is C11H22FNO3. The van der Waals surface area contributed by atoms with Crippen molar-refractivity contribution in [1.29, 1.82) is 0 Å². The summed E-state index contributed by atoms with van der Waals surface area (Å²) in [4.78, 5) is 22.0. The Kier molecular flexibility index (Phi) is 11.2. The van der Waals surface area contributed by atoms with Crippen LogP contribution in [0.5, 0.6) is 0 Å². The van der Waals surface area contributed by atoms with E-state index in [1.807, 2.05) is 13.8 Å². The summed E-state index contributed by atoms with van der Waals surface area (Å²) < 4.78 is 14.7. The summed E-state index contributed by atoms with van der Waals surface area (Å²) in [6, 6.07) is -0.433. The number of rotatable bonds is 4. The fraction of sp³-hybridized carbons (Fsp3) is 0.818. The van der Waals surface area contributed by atoms with Crippen LogP contribution >= 0.6 is 0 Å². The molecule has 0 saturated heterocycles. The first-order chi connectivity index (χ1) is 7.44. The standard InChI is InChI=1S/C9H17NO3.C2H5F/c1-5-6(2)8(7(3)11)10-9(12)13-4;1-2-3/h6,8H,5H2,1-4H3,(H,10,12);2H2,1H3/t6?,8-;/m0./s1. The summed E-state index contributed by atoms with van der Waals surface area (Å²) in [5.41, 5.74) is 0. The van der Waals surface area contributed by atoms with Crippen molar-refractivity contribution in [3.8, 4) is 0 Å². The Labute approximate surface area is 96.5 Å². The van der Waals surface area contributed by atoms with Gasteiger partial charge >= 0.3 is 6.09 Å². The number of ketones is 1. The van der Waals surface area contributed by atoms with E-state index in [9.17, 15) is 14.0 Å². The van der Waals surface area contributed by atoms with Crippen molar-refractivity contribution in [3.05, 3.63) is 0 Å². The van der Waals surface area contributed by atoms with Crippen LogP contribution in [0.1, 0.15) is 34.1 Å². The van der Waals surface area contributed by atoms with Crippen LogP contribution in [0.2, 0.25) is 0 Å². The molecule has 0 fully saturated rings. The first-order valence-corrected chi connectivity index (χ1v) is 5.35. The first kappa shape index (κ1) is 17.3. The molecule has 0 heterocycles. The number of alkyl halides is 1. The van der Waals surface area contributed by atoms with Crippen LogP contribution in [0.15, 0.2) is 0 Å². The maximum absolute atomic E-state index is 11.1. The molecule has 0 spiro atoms. The molecule has 1 unspecified atom stereocenters. The molecule has 2 atom stereocenters. The molecule has 0 radical (unpaired) electrons. The molecule has 5 heteroatoms. The lowest BCUT2D eigenvalue weighted by molar-refractivity contribution is -0.120. The molecule has 1 amide bonds. The Balaban J connectivity index is 0. The largest absolute Gasteiger partial charge is 0.453 e. The van der Waals surface area contributed by atoms with Crippen LogP contribution < -0.4 is 5.32 Å². The van der Waals surface area contributed by atoms with Gasteiger partial charge in [-0.05, 0) is 19.8 Å². The number of halogens is 1. The van der Waals surface area contributed by atoms with E-state index in [2.05, 4.69) is 10.1 Å². The lowest BCUT2D eigenvalue weighted by Gasteiger charge is -2.20. The smallest absolute Gasteiger partial charge is 0.407 e. The van der Waals surface area contributed by atoms with Crippen molar-refractivity contribution in [2.24, 2.45) is 5.92 Å². The van der Waals surface area contributed by atoms with Gasteiger partial charge in [-0.3, -0.25) is 9.18 Å². The second kappa shape index (κ2) is 10.4. The Morgan fingerprint density at radius 2 is 1.81 bits per heavy atom. The lowest BCUT2D eigenvalue weighted by atomic mass is 9.96. The number of hydrogen-bond donors (Lipinski definition) is 1. The third-order valence-electron chi connectivity index (χ3n) is 2.11. The molecule has 96 valence electrons. The molecule has 0 aliphatic carbocycles. The Morgan fingerprint density at radius 3 is 2.06 bits per heavy atom. The molecule has 0 saturated carbocycles. The monoisotopic (exact) mass is 235 g/mol. The molecule has 0 aromatic rings. The first-order valence-electron chi connectivity index (χ1n) is 5.35. The second-order valence-electron chi connectivity index (χ2n) is 3.38. The highest BCUT2D eigenvalue weighted by molar-refractivity contribution is 5.85. The van der Waals surface area contributed by atoms with Crippen LogP contribution in [0, 0.1) is 5.92 Å². The molecule has 16 heavy (non-hydrogen) atoms. The number of hydrogen-bond acceptors (Lipinski definition) is 3. The van der Waals surface area contributed by atoms with E-state index < -0.39 is 12.1 Å². The minimum Gasteiger partial charge on any atom is -0.453 e. The average molecular weight is 235 g/mol. The van der Waals surface area contributed by atoms with Crippen molar-refractivity contribution in [2.75, 3.05) is 13.8 Å². The number of nitrogens with one attached hydrogen (secondary N) is 1. The number of ether oxygens (including phenoxy) is 1. The number of carbonyl (C=O) groups excluding carboxylic acids is 2. The zero-order chi connectivity index (χ0) is 13.1. The molecule has 0 aliphatic heterocycles. The third kappa shape index (κ3) is 8.20. The van der Waals surface area contributed by atoms with Crippen molar-refractivity contribution in [3.63, 3.8) is 0 Å². The molecule has 0 aliphatic rings. The van der Waals surface area contributed by atoms with Gasteiger partial charge in [-0.25, -0.2) is 4.79 Å². The fourth-order valence-electron chi connectivity index (χ4n) is 1.07. The number of carbonyl (C=O) groups is 2. The topological polar surface area (TPSA) is 55.4 Å². The highest BCUT2D eigenvalue weighted by atomic mass is 19.1. The molecule has 1 N–H and O–H groups in total. The summed E-state index contributed by atoms with van der Waals surface area (Å²) in [5.74, 6) is 0.0938. The van der Waals surface area contributed by atoms with Gasteiger partial charge in [0.1, 0.15) is 0 Å². The average Bonchev–Trinajstić information content (AvgIpc) is 2.25. The highest BCUT2D eigenvalue weighted by Gasteiger charge is 2.22. The highest BCUT2D eigenvalue weighted by Crippen LogP contribution is 2.08. The molecule has 0 aromatic carbocycles. The SMILES string of the molecule is CCC(C)[C@H](NC(=O)OC)C(C)=O.CCF. The van der Waals surface area contributed by atoms with Crippen LogP contribution in [0.3, 0.4) is 0 Å². The zero-order valence-corrected chi connectivity index (χ0v) is 10.7. The minimum atomic E-state index is -0.555. The number of methoxy groups -OCH3 is 1. The normalized spacial score (nSPS) is 12.9. The number of alkyl carbamates (subject to hydrolysis) is 1. The second-order valence-corrected chi connectivity index (χ2v) is 3.38. The molecule has 0 rings (SSSR count). The van der Waals surface area contributed by atoms with Crippen LogP contribution in [-0.4, -0.2) is 31.7 Å². The predicted octanol–water partition coefficient (Wildman–Crippen LogP) is 2.32. The number of Topliss-reactive ketones (excluding diaryl/α,β-unsaturated/α-hetero) is 1. The van der Waals surface area contributed by atoms with Crippen molar-refractivity contribution in [1.82, 2.24) is 5.32 Å².